The van der Waals surface area contributed by atoms with E-state index < -0.39 is 11.7 Å². The largest absolute Gasteiger partial charge is 0.508 e. The van der Waals surface area contributed by atoms with Crippen molar-refractivity contribution >= 4 is 5.91 Å². The molecule has 0 spiro atoms. The molecule has 1 aromatic carbocycles. The number of benzene rings is 1. The second kappa shape index (κ2) is 5.79. The molecular weight excluding hydrogens is 259 g/mol. The van der Waals surface area contributed by atoms with E-state index in [0.717, 1.165) is 31.7 Å². The Balaban J connectivity index is 2.04. The average molecular weight is 280 g/mol. The van der Waals surface area contributed by atoms with Crippen LogP contribution in [0.4, 0.5) is 4.39 Å². The average Bonchev–Trinajstić information content (AvgIpc) is 2.86. The molecule has 2 rings (SSSR count). The summed E-state index contributed by atoms with van der Waals surface area (Å²) in [6, 6.07) is 3.57. The van der Waals surface area contributed by atoms with Gasteiger partial charge in [0.2, 0.25) is 0 Å². The Labute approximate surface area is 118 Å². The van der Waals surface area contributed by atoms with Gasteiger partial charge >= 0.3 is 0 Å². The molecule has 20 heavy (non-hydrogen) atoms. The number of carbonyl (C=O) groups is 1. The van der Waals surface area contributed by atoms with E-state index in [1.807, 2.05) is 14.1 Å². The van der Waals surface area contributed by atoms with Crippen molar-refractivity contribution in [2.45, 2.75) is 31.2 Å². The number of nitrogens with zero attached hydrogens (tertiary/aromatic N) is 1. The second-order valence-corrected chi connectivity index (χ2v) is 5.67. The van der Waals surface area contributed by atoms with Gasteiger partial charge in [-0.05, 0) is 39.1 Å². The topological polar surface area (TPSA) is 52.6 Å². The highest BCUT2D eigenvalue weighted by atomic mass is 19.1. The third kappa shape index (κ3) is 2.93. The third-order valence-corrected chi connectivity index (χ3v) is 4.26. The van der Waals surface area contributed by atoms with Crippen molar-refractivity contribution < 1.29 is 14.3 Å². The van der Waals surface area contributed by atoms with Gasteiger partial charge in [0.05, 0.1) is 5.56 Å². The summed E-state index contributed by atoms with van der Waals surface area (Å²) in [6.45, 7) is 0.513. The lowest BCUT2D eigenvalue weighted by molar-refractivity contribution is 0.0896. The summed E-state index contributed by atoms with van der Waals surface area (Å²) in [6.07, 6.45) is 4.39. The van der Waals surface area contributed by atoms with Crippen LogP contribution in [0.2, 0.25) is 0 Å². The fraction of sp³-hybridized carbons (Fsp3) is 0.533. The van der Waals surface area contributed by atoms with Crippen LogP contribution < -0.4 is 5.32 Å². The molecule has 0 radical (unpaired) electrons. The van der Waals surface area contributed by atoms with Crippen LogP contribution in [0.1, 0.15) is 36.0 Å². The molecule has 0 bridgehead atoms. The van der Waals surface area contributed by atoms with Crippen molar-refractivity contribution in [2.75, 3.05) is 20.6 Å². The van der Waals surface area contributed by atoms with Crippen LogP contribution in [0.5, 0.6) is 5.75 Å². The Morgan fingerprint density at radius 1 is 1.40 bits per heavy atom. The Morgan fingerprint density at radius 2 is 2.05 bits per heavy atom. The van der Waals surface area contributed by atoms with Crippen molar-refractivity contribution in [2.24, 2.45) is 0 Å². The molecule has 110 valence electrons. The predicted molar refractivity (Wildman–Crippen MR) is 75.3 cm³/mol. The number of phenolic OH excluding ortho intramolecular Hbond substituents is 1. The Kier molecular flexibility index (Phi) is 4.28. The third-order valence-electron chi connectivity index (χ3n) is 4.26. The molecule has 0 saturated heterocycles. The Morgan fingerprint density at radius 3 is 2.60 bits per heavy atom. The van der Waals surface area contributed by atoms with Crippen molar-refractivity contribution in [3.05, 3.63) is 29.6 Å². The van der Waals surface area contributed by atoms with Crippen LogP contribution in [-0.2, 0) is 0 Å². The lowest BCUT2D eigenvalue weighted by atomic mass is 9.96. The summed E-state index contributed by atoms with van der Waals surface area (Å²) in [5.41, 5.74) is -0.0574. The summed E-state index contributed by atoms with van der Waals surface area (Å²) in [5.74, 6) is -1.32. The number of nitrogens with one attached hydrogen (secondary N) is 1. The van der Waals surface area contributed by atoms with Crippen molar-refractivity contribution in [1.29, 1.82) is 0 Å². The quantitative estimate of drug-likeness (QED) is 0.888. The lowest BCUT2D eigenvalue weighted by Gasteiger charge is -2.36. The highest BCUT2D eigenvalue weighted by molar-refractivity contribution is 5.94. The number of aromatic hydroxyl groups is 1. The summed E-state index contributed by atoms with van der Waals surface area (Å²) in [7, 11) is 4.03. The number of hydrogen-bond donors (Lipinski definition) is 2. The molecule has 0 aliphatic heterocycles. The van der Waals surface area contributed by atoms with E-state index in [-0.39, 0.29) is 16.9 Å². The molecule has 1 aliphatic carbocycles. The first-order valence-corrected chi connectivity index (χ1v) is 6.89. The fourth-order valence-electron chi connectivity index (χ4n) is 2.84. The van der Waals surface area contributed by atoms with Gasteiger partial charge in [-0.15, -0.1) is 0 Å². The number of rotatable bonds is 4. The van der Waals surface area contributed by atoms with E-state index >= 15 is 0 Å². The van der Waals surface area contributed by atoms with E-state index in [1.165, 1.54) is 12.1 Å². The molecule has 0 heterocycles. The van der Waals surface area contributed by atoms with Crippen LogP contribution in [0.3, 0.4) is 0 Å². The van der Waals surface area contributed by atoms with Gasteiger partial charge in [-0.25, -0.2) is 4.39 Å². The molecule has 1 fully saturated rings. The van der Waals surface area contributed by atoms with Gasteiger partial charge in [0, 0.05) is 18.2 Å². The summed E-state index contributed by atoms with van der Waals surface area (Å²) in [5, 5.41) is 12.0. The minimum Gasteiger partial charge on any atom is -0.508 e. The van der Waals surface area contributed by atoms with Crippen LogP contribution in [-0.4, -0.2) is 42.1 Å². The van der Waals surface area contributed by atoms with E-state index in [1.54, 1.807) is 0 Å². The van der Waals surface area contributed by atoms with Gasteiger partial charge in [0.1, 0.15) is 11.6 Å². The van der Waals surface area contributed by atoms with Gasteiger partial charge in [0.15, 0.2) is 0 Å². The van der Waals surface area contributed by atoms with Crippen LogP contribution in [0, 0.1) is 5.82 Å². The Bertz CT molecular complexity index is 497. The zero-order chi connectivity index (χ0) is 14.8. The molecule has 4 nitrogen and oxygen atoms in total. The highest BCUT2D eigenvalue weighted by Crippen LogP contribution is 2.33. The van der Waals surface area contributed by atoms with Crippen molar-refractivity contribution in [3.8, 4) is 5.75 Å². The maximum absolute atomic E-state index is 13.6. The lowest BCUT2D eigenvalue weighted by Crippen LogP contribution is -2.50. The van der Waals surface area contributed by atoms with E-state index in [0.29, 0.717) is 6.54 Å². The van der Waals surface area contributed by atoms with Crippen molar-refractivity contribution in [1.82, 2.24) is 10.2 Å². The molecule has 1 amide bonds. The summed E-state index contributed by atoms with van der Waals surface area (Å²) in [4.78, 5) is 14.2. The zero-order valence-corrected chi connectivity index (χ0v) is 11.9. The highest BCUT2D eigenvalue weighted by Gasteiger charge is 2.36. The first-order valence-electron chi connectivity index (χ1n) is 6.89. The van der Waals surface area contributed by atoms with Gasteiger partial charge in [-0.1, -0.05) is 12.8 Å². The van der Waals surface area contributed by atoms with Crippen LogP contribution in [0.25, 0.3) is 0 Å². The van der Waals surface area contributed by atoms with Gasteiger partial charge in [-0.2, -0.15) is 0 Å². The number of likely N-dealkylation sites (N-methyl/N-ethyl adjacent to an activating group) is 1. The van der Waals surface area contributed by atoms with E-state index in [9.17, 15) is 9.18 Å². The first kappa shape index (κ1) is 14.8. The fourth-order valence-corrected chi connectivity index (χ4v) is 2.84. The number of hydrogen-bond acceptors (Lipinski definition) is 3. The van der Waals surface area contributed by atoms with Gasteiger partial charge in [0.25, 0.3) is 5.91 Å². The number of halogens is 1. The van der Waals surface area contributed by atoms with Gasteiger partial charge < -0.3 is 15.3 Å². The molecular formula is C15H21FN2O2. The second-order valence-electron chi connectivity index (χ2n) is 5.67. The molecule has 0 atom stereocenters. The Hall–Kier alpha value is -1.62. The maximum atomic E-state index is 13.6. The minimum absolute atomic E-state index is 0.0247. The standard InChI is InChI=1S/C15H21FN2O2/c1-18(2)15(7-3-4-8-15)10-17-14(20)12-6-5-11(19)9-13(12)16/h5-6,9,19H,3-4,7-8,10H2,1-2H3,(H,17,20). The van der Waals surface area contributed by atoms with Crippen LogP contribution >= 0.6 is 0 Å². The number of amides is 1. The minimum atomic E-state index is -0.701. The molecule has 0 unspecified atom stereocenters. The summed E-state index contributed by atoms with van der Waals surface area (Å²) >= 11 is 0. The normalized spacial score (nSPS) is 17.4. The monoisotopic (exact) mass is 280 g/mol. The van der Waals surface area contributed by atoms with Crippen LogP contribution in [0.15, 0.2) is 18.2 Å². The molecule has 0 aromatic heterocycles. The molecule has 1 saturated carbocycles. The van der Waals surface area contributed by atoms with Gasteiger partial charge in [-0.3, -0.25) is 4.79 Å². The molecule has 1 aromatic rings. The van der Waals surface area contributed by atoms with Crippen molar-refractivity contribution in [3.63, 3.8) is 0 Å². The molecule has 5 heteroatoms. The smallest absolute Gasteiger partial charge is 0.254 e. The molecule has 1 aliphatic rings. The molecule has 2 N–H and O–H groups in total. The first-order chi connectivity index (χ1) is 9.44. The zero-order valence-electron chi connectivity index (χ0n) is 11.9. The summed E-state index contributed by atoms with van der Waals surface area (Å²) < 4.78 is 13.6. The maximum Gasteiger partial charge on any atom is 0.254 e. The van der Waals surface area contributed by atoms with E-state index in [4.69, 9.17) is 5.11 Å². The predicted octanol–water partition coefficient (Wildman–Crippen LogP) is 2.14. The van der Waals surface area contributed by atoms with E-state index in [2.05, 4.69) is 10.2 Å². The number of carbonyl (C=O) groups excluding carboxylic acids is 1. The SMILES string of the molecule is CN(C)C1(CNC(=O)c2ccc(O)cc2F)CCCC1. The number of phenols is 1.